The first-order valence-corrected chi connectivity index (χ1v) is 9.05. The molecule has 1 N–H and O–H groups in total. The van der Waals surface area contributed by atoms with Crippen molar-refractivity contribution in [3.8, 4) is 6.07 Å². The molecule has 1 heterocycles. The van der Waals surface area contributed by atoms with E-state index >= 15 is 0 Å². The zero-order valence-electron chi connectivity index (χ0n) is 15.7. The molecule has 1 saturated heterocycles. The van der Waals surface area contributed by atoms with E-state index in [2.05, 4.69) is 11.4 Å². The summed E-state index contributed by atoms with van der Waals surface area (Å²) in [6, 6.07) is 16.5. The van der Waals surface area contributed by atoms with Crippen molar-refractivity contribution in [3.63, 3.8) is 0 Å². The first-order valence-electron chi connectivity index (χ1n) is 9.05. The number of ether oxygens (including phenoxy) is 1. The van der Waals surface area contributed by atoms with Crippen molar-refractivity contribution in [1.29, 1.82) is 5.26 Å². The molecule has 1 aliphatic rings. The molecular formula is C21H22N4O3. The molecule has 0 bridgehead atoms. The van der Waals surface area contributed by atoms with Gasteiger partial charge in [0.25, 0.3) is 0 Å². The Balaban J connectivity index is 1.66. The molecule has 2 aromatic carbocycles. The van der Waals surface area contributed by atoms with Crippen LogP contribution in [0.4, 0.5) is 16.2 Å². The Morgan fingerprint density at radius 2 is 1.86 bits per heavy atom. The predicted octanol–water partition coefficient (Wildman–Crippen LogP) is 2.98. The average Bonchev–Trinajstić information content (AvgIpc) is 2.71. The minimum Gasteiger partial charge on any atom is -0.375 e. The number of amides is 3. The van der Waals surface area contributed by atoms with E-state index in [1.54, 1.807) is 34.1 Å². The standard InChI is InChI=1S/C21H22N4O3/c1-28-15-20(26)23-18-7-9-19(10-8-18)25-12-2-11-24(21(25)27)14-17-5-3-16(13-22)4-6-17/h3-10H,2,11-12,14-15H2,1H3,(H,23,26). The lowest BCUT2D eigenvalue weighted by Gasteiger charge is -2.35. The molecule has 1 aliphatic heterocycles. The van der Waals surface area contributed by atoms with Gasteiger partial charge in [0.15, 0.2) is 0 Å². The van der Waals surface area contributed by atoms with Crippen LogP contribution in [-0.4, -0.2) is 43.6 Å². The first-order chi connectivity index (χ1) is 13.6. The Morgan fingerprint density at radius 3 is 2.50 bits per heavy atom. The number of nitriles is 1. The molecule has 0 aliphatic carbocycles. The van der Waals surface area contributed by atoms with Gasteiger partial charge in [-0.1, -0.05) is 12.1 Å². The average molecular weight is 378 g/mol. The molecule has 0 saturated carbocycles. The first kappa shape index (κ1) is 19.4. The minimum absolute atomic E-state index is 0.00330. The number of carbonyl (C=O) groups excluding carboxylic acids is 2. The van der Waals surface area contributed by atoms with E-state index in [4.69, 9.17) is 10.00 Å². The molecule has 3 rings (SSSR count). The van der Waals surface area contributed by atoms with Gasteiger partial charge < -0.3 is 15.0 Å². The van der Waals surface area contributed by atoms with Gasteiger partial charge in [-0.15, -0.1) is 0 Å². The van der Waals surface area contributed by atoms with Crippen molar-refractivity contribution in [2.24, 2.45) is 0 Å². The number of anilines is 2. The molecule has 144 valence electrons. The SMILES string of the molecule is COCC(=O)Nc1ccc(N2CCCN(Cc3ccc(C#N)cc3)C2=O)cc1. The fourth-order valence-electron chi connectivity index (χ4n) is 3.13. The Morgan fingerprint density at radius 1 is 1.14 bits per heavy atom. The van der Waals surface area contributed by atoms with Gasteiger partial charge in [0, 0.05) is 38.1 Å². The molecule has 0 unspecified atom stereocenters. The molecule has 0 spiro atoms. The van der Waals surface area contributed by atoms with Gasteiger partial charge in [-0.2, -0.15) is 5.26 Å². The summed E-state index contributed by atoms with van der Waals surface area (Å²) in [5.41, 5.74) is 3.04. The molecule has 0 aromatic heterocycles. The van der Waals surface area contributed by atoms with Gasteiger partial charge in [0.1, 0.15) is 6.61 Å². The Hall–Kier alpha value is -3.37. The number of hydrogen-bond acceptors (Lipinski definition) is 4. The second-order valence-corrected chi connectivity index (χ2v) is 6.55. The quantitative estimate of drug-likeness (QED) is 0.837. The molecule has 28 heavy (non-hydrogen) atoms. The second kappa shape index (κ2) is 9.02. The molecule has 1 fully saturated rings. The third-order valence-corrected chi connectivity index (χ3v) is 4.51. The monoisotopic (exact) mass is 378 g/mol. The van der Waals surface area contributed by atoms with Crippen LogP contribution < -0.4 is 10.2 Å². The van der Waals surface area contributed by atoms with Crippen molar-refractivity contribution in [3.05, 3.63) is 59.7 Å². The van der Waals surface area contributed by atoms with E-state index in [0.29, 0.717) is 30.9 Å². The number of nitrogens with one attached hydrogen (secondary N) is 1. The number of urea groups is 1. The summed E-state index contributed by atoms with van der Waals surface area (Å²) < 4.78 is 4.80. The number of carbonyl (C=O) groups is 2. The maximum Gasteiger partial charge on any atom is 0.324 e. The maximum atomic E-state index is 12.9. The molecule has 2 aromatic rings. The predicted molar refractivity (Wildman–Crippen MR) is 106 cm³/mol. The molecular weight excluding hydrogens is 356 g/mol. The zero-order valence-corrected chi connectivity index (χ0v) is 15.7. The fourth-order valence-corrected chi connectivity index (χ4v) is 3.13. The Labute approximate surface area is 164 Å². The number of nitrogens with zero attached hydrogens (tertiary/aromatic N) is 3. The third kappa shape index (κ3) is 4.67. The van der Waals surface area contributed by atoms with E-state index in [-0.39, 0.29) is 18.5 Å². The maximum absolute atomic E-state index is 12.9. The van der Waals surface area contributed by atoms with Crippen molar-refractivity contribution < 1.29 is 14.3 Å². The third-order valence-electron chi connectivity index (χ3n) is 4.51. The molecule has 0 radical (unpaired) electrons. The summed E-state index contributed by atoms with van der Waals surface area (Å²) in [6.45, 7) is 1.85. The lowest BCUT2D eigenvalue weighted by molar-refractivity contribution is -0.119. The lowest BCUT2D eigenvalue weighted by atomic mass is 10.1. The number of methoxy groups -OCH3 is 1. The van der Waals surface area contributed by atoms with E-state index < -0.39 is 0 Å². The normalized spacial score (nSPS) is 13.9. The summed E-state index contributed by atoms with van der Waals surface area (Å²) in [5.74, 6) is -0.224. The molecule has 7 heteroatoms. The highest BCUT2D eigenvalue weighted by Crippen LogP contribution is 2.23. The highest BCUT2D eigenvalue weighted by molar-refractivity contribution is 5.94. The van der Waals surface area contributed by atoms with Crippen LogP contribution in [0.1, 0.15) is 17.5 Å². The summed E-state index contributed by atoms with van der Waals surface area (Å²) in [5, 5.41) is 11.6. The van der Waals surface area contributed by atoms with E-state index in [0.717, 1.165) is 17.7 Å². The zero-order chi connectivity index (χ0) is 19.9. The summed E-state index contributed by atoms with van der Waals surface area (Å²) in [4.78, 5) is 28.0. The number of hydrogen-bond donors (Lipinski definition) is 1. The van der Waals surface area contributed by atoms with Crippen LogP contribution in [0.2, 0.25) is 0 Å². The summed E-state index contributed by atoms with van der Waals surface area (Å²) in [6.07, 6.45) is 0.869. The van der Waals surface area contributed by atoms with Crippen LogP contribution in [0.3, 0.4) is 0 Å². The van der Waals surface area contributed by atoms with Crippen molar-refractivity contribution in [1.82, 2.24) is 4.90 Å². The largest absolute Gasteiger partial charge is 0.375 e. The highest BCUT2D eigenvalue weighted by Gasteiger charge is 2.26. The van der Waals surface area contributed by atoms with Crippen LogP contribution >= 0.6 is 0 Å². The van der Waals surface area contributed by atoms with E-state index in [1.807, 2.05) is 24.3 Å². The second-order valence-electron chi connectivity index (χ2n) is 6.55. The molecule has 0 atom stereocenters. The summed E-state index contributed by atoms with van der Waals surface area (Å²) in [7, 11) is 1.47. The van der Waals surface area contributed by atoms with E-state index in [9.17, 15) is 9.59 Å². The molecule has 3 amide bonds. The van der Waals surface area contributed by atoms with Crippen molar-refractivity contribution in [2.75, 3.05) is 37.0 Å². The summed E-state index contributed by atoms with van der Waals surface area (Å²) >= 11 is 0. The van der Waals surface area contributed by atoms with Crippen LogP contribution in [0.15, 0.2) is 48.5 Å². The van der Waals surface area contributed by atoms with Crippen LogP contribution in [0, 0.1) is 11.3 Å². The Bertz CT molecular complexity index is 872. The fraction of sp³-hybridized carbons (Fsp3) is 0.286. The van der Waals surface area contributed by atoms with Crippen LogP contribution in [-0.2, 0) is 16.1 Å². The van der Waals surface area contributed by atoms with Crippen molar-refractivity contribution in [2.45, 2.75) is 13.0 Å². The lowest BCUT2D eigenvalue weighted by Crippen LogP contribution is -2.49. The van der Waals surface area contributed by atoms with Gasteiger partial charge in [-0.25, -0.2) is 4.79 Å². The van der Waals surface area contributed by atoms with Gasteiger partial charge in [0.2, 0.25) is 5.91 Å². The van der Waals surface area contributed by atoms with Gasteiger partial charge in [0.05, 0.1) is 11.6 Å². The van der Waals surface area contributed by atoms with Gasteiger partial charge in [-0.3, -0.25) is 9.69 Å². The minimum atomic E-state index is -0.224. The number of benzene rings is 2. The topological polar surface area (TPSA) is 85.7 Å². The van der Waals surface area contributed by atoms with Gasteiger partial charge in [-0.05, 0) is 48.4 Å². The molecule has 7 nitrogen and oxygen atoms in total. The van der Waals surface area contributed by atoms with Gasteiger partial charge >= 0.3 is 6.03 Å². The highest BCUT2D eigenvalue weighted by atomic mass is 16.5. The Kier molecular flexibility index (Phi) is 6.25. The van der Waals surface area contributed by atoms with Crippen LogP contribution in [0.5, 0.6) is 0 Å². The van der Waals surface area contributed by atoms with E-state index in [1.165, 1.54) is 7.11 Å². The number of rotatable bonds is 6. The van der Waals surface area contributed by atoms with Crippen molar-refractivity contribution >= 4 is 23.3 Å². The smallest absolute Gasteiger partial charge is 0.324 e. The van der Waals surface area contributed by atoms with Crippen LogP contribution in [0.25, 0.3) is 0 Å².